The molecule has 0 radical (unpaired) electrons. The summed E-state index contributed by atoms with van der Waals surface area (Å²) >= 11 is 0. The molecule has 0 aromatic carbocycles. The maximum atomic E-state index is 5.21. The predicted molar refractivity (Wildman–Crippen MR) is 71.1 cm³/mol. The number of hydrogen-bond donors (Lipinski definition) is 2. The maximum Gasteiger partial charge on any atom is -0.00257 e. The van der Waals surface area contributed by atoms with Gasteiger partial charge < -0.3 is 11.1 Å². The Labute approximate surface area is 97.0 Å². The van der Waals surface area contributed by atoms with Crippen LogP contribution in [-0.2, 0) is 0 Å². The summed E-state index contributed by atoms with van der Waals surface area (Å²) in [6.07, 6.45) is 3.75. The molecule has 0 heterocycles. The molecule has 0 fully saturated rings. The quantitative estimate of drug-likeness (QED) is 0.642. The lowest BCUT2D eigenvalue weighted by atomic mass is 10.2. The number of hydrogen-bond acceptors (Lipinski definition) is 2. The number of nitrogens with two attached hydrogens (primary N) is 1. The minimum Gasteiger partial charge on any atom is -0.330 e. The van der Waals surface area contributed by atoms with Crippen LogP contribution in [0.4, 0.5) is 0 Å². The highest BCUT2D eigenvalue weighted by Gasteiger charge is 1.94. The van der Waals surface area contributed by atoms with E-state index in [2.05, 4.69) is 39.9 Å². The molecule has 2 heteroatoms. The van der Waals surface area contributed by atoms with Crippen molar-refractivity contribution in [3.63, 3.8) is 0 Å². The van der Waals surface area contributed by atoms with Gasteiger partial charge in [-0.25, -0.2) is 0 Å². The Morgan fingerprint density at radius 2 is 1.40 bits per heavy atom. The predicted octanol–water partition coefficient (Wildman–Crippen LogP) is 3.02. The first-order valence-corrected chi connectivity index (χ1v) is 6.45. The Hall–Kier alpha value is -0.0800. The molecule has 0 aromatic heterocycles. The Balaban J connectivity index is 0. The normalized spacial score (nSPS) is 10.4. The molecule has 0 saturated carbocycles. The fraction of sp³-hybridized carbons (Fsp3) is 1.00. The molecule has 0 bridgehead atoms. The lowest BCUT2D eigenvalue weighted by molar-refractivity contribution is 0.497. The fourth-order valence-electron chi connectivity index (χ4n) is 1.06. The molecule has 0 spiro atoms. The highest BCUT2D eigenvalue weighted by Crippen LogP contribution is 1.90. The second kappa shape index (κ2) is 13.9. The van der Waals surface area contributed by atoms with Crippen LogP contribution in [0, 0.1) is 11.8 Å². The Bertz CT molecular complexity index is 88.7. The summed E-state index contributed by atoms with van der Waals surface area (Å²) in [4.78, 5) is 0. The summed E-state index contributed by atoms with van der Waals surface area (Å²) < 4.78 is 0. The molecule has 2 nitrogen and oxygen atoms in total. The van der Waals surface area contributed by atoms with Crippen molar-refractivity contribution in [3.05, 3.63) is 0 Å². The van der Waals surface area contributed by atoms with Gasteiger partial charge >= 0.3 is 0 Å². The van der Waals surface area contributed by atoms with Gasteiger partial charge in [0, 0.05) is 0 Å². The minimum absolute atomic E-state index is 0.781. The van der Waals surface area contributed by atoms with Crippen LogP contribution in [0.3, 0.4) is 0 Å². The first-order chi connectivity index (χ1) is 7.04. The number of unbranched alkanes of at least 4 members (excludes halogenated alkanes) is 2. The van der Waals surface area contributed by atoms with E-state index in [4.69, 9.17) is 5.73 Å². The summed E-state index contributed by atoms with van der Waals surface area (Å²) in [5.41, 5.74) is 5.21. The largest absolute Gasteiger partial charge is 0.330 e. The number of nitrogens with one attached hydrogen (secondary N) is 1. The van der Waals surface area contributed by atoms with Gasteiger partial charge in [-0.1, -0.05) is 47.5 Å². The van der Waals surface area contributed by atoms with E-state index in [-0.39, 0.29) is 0 Å². The van der Waals surface area contributed by atoms with Crippen LogP contribution in [0.25, 0.3) is 0 Å². The second-order valence-corrected chi connectivity index (χ2v) is 4.94. The zero-order chi connectivity index (χ0) is 12.1. The van der Waals surface area contributed by atoms with Crippen LogP contribution < -0.4 is 11.1 Å². The topological polar surface area (TPSA) is 38.0 Å². The summed E-state index contributed by atoms with van der Waals surface area (Å²) in [5, 5.41) is 3.38. The smallest absolute Gasteiger partial charge is 0.00257 e. The zero-order valence-electron chi connectivity index (χ0n) is 11.5. The average molecular weight is 216 g/mol. The summed E-state index contributed by atoms with van der Waals surface area (Å²) in [6, 6.07) is 0. The van der Waals surface area contributed by atoms with Crippen molar-refractivity contribution >= 4 is 0 Å². The summed E-state index contributed by atoms with van der Waals surface area (Å²) in [5.74, 6) is 1.56. The van der Waals surface area contributed by atoms with Crippen molar-refractivity contribution in [1.29, 1.82) is 0 Å². The van der Waals surface area contributed by atoms with Crippen LogP contribution in [-0.4, -0.2) is 19.6 Å². The van der Waals surface area contributed by atoms with Crippen LogP contribution in [0.1, 0.15) is 53.9 Å². The molecule has 0 aromatic rings. The molecule has 15 heavy (non-hydrogen) atoms. The third-order valence-electron chi connectivity index (χ3n) is 1.91. The van der Waals surface area contributed by atoms with E-state index >= 15 is 0 Å². The molecule has 0 aliphatic rings. The Morgan fingerprint density at radius 1 is 0.933 bits per heavy atom. The second-order valence-electron chi connectivity index (χ2n) is 4.94. The highest BCUT2D eigenvalue weighted by molar-refractivity contribution is 4.52. The van der Waals surface area contributed by atoms with Gasteiger partial charge in [0.1, 0.15) is 0 Å². The Kier molecular flexibility index (Phi) is 16.1. The van der Waals surface area contributed by atoms with Crippen molar-refractivity contribution in [2.75, 3.05) is 19.6 Å². The SMILES string of the molecule is CC(C)CNCC(C)C.CCCCCN. The molecular formula is C13H32N2. The van der Waals surface area contributed by atoms with Crippen molar-refractivity contribution in [3.8, 4) is 0 Å². The zero-order valence-corrected chi connectivity index (χ0v) is 11.5. The molecule has 0 amide bonds. The molecule has 0 saturated heterocycles. The summed E-state index contributed by atoms with van der Waals surface area (Å²) in [6.45, 7) is 14.3. The van der Waals surface area contributed by atoms with E-state index in [9.17, 15) is 0 Å². The molecule has 0 rings (SSSR count). The van der Waals surface area contributed by atoms with Crippen LogP contribution in [0.15, 0.2) is 0 Å². The molecule has 0 unspecified atom stereocenters. The molecule has 94 valence electrons. The fourth-order valence-corrected chi connectivity index (χ4v) is 1.06. The average Bonchev–Trinajstić information content (AvgIpc) is 2.14. The number of rotatable bonds is 7. The van der Waals surface area contributed by atoms with Gasteiger partial charge in [0.25, 0.3) is 0 Å². The Morgan fingerprint density at radius 3 is 1.60 bits per heavy atom. The minimum atomic E-state index is 0.781. The summed E-state index contributed by atoms with van der Waals surface area (Å²) in [7, 11) is 0. The van der Waals surface area contributed by atoms with Gasteiger partial charge in [-0.2, -0.15) is 0 Å². The molecule has 0 atom stereocenters. The van der Waals surface area contributed by atoms with E-state index in [1.54, 1.807) is 0 Å². The van der Waals surface area contributed by atoms with Gasteiger partial charge in [0.2, 0.25) is 0 Å². The van der Waals surface area contributed by atoms with Gasteiger partial charge in [-0.05, 0) is 37.9 Å². The van der Waals surface area contributed by atoms with E-state index in [0.717, 1.165) is 31.5 Å². The van der Waals surface area contributed by atoms with Crippen molar-refractivity contribution in [2.24, 2.45) is 17.6 Å². The van der Waals surface area contributed by atoms with Crippen molar-refractivity contribution < 1.29 is 0 Å². The first kappa shape index (κ1) is 17.3. The van der Waals surface area contributed by atoms with Gasteiger partial charge in [-0.15, -0.1) is 0 Å². The van der Waals surface area contributed by atoms with E-state index in [1.165, 1.54) is 19.3 Å². The van der Waals surface area contributed by atoms with Crippen LogP contribution >= 0.6 is 0 Å². The van der Waals surface area contributed by atoms with E-state index in [0.29, 0.717) is 0 Å². The molecule has 0 aliphatic carbocycles. The first-order valence-electron chi connectivity index (χ1n) is 6.45. The monoisotopic (exact) mass is 216 g/mol. The van der Waals surface area contributed by atoms with E-state index in [1.807, 2.05) is 0 Å². The third-order valence-corrected chi connectivity index (χ3v) is 1.91. The highest BCUT2D eigenvalue weighted by atomic mass is 14.9. The van der Waals surface area contributed by atoms with Gasteiger partial charge in [0.15, 0.2) is 0 Å². The lowest BCUT2D eigenvalue weighted by Gasteiger charge is -2.08. The van der Waals surface area contributed by atoms with Gasteiger partial charge in [-0.3, -0.25) is 0 Å². The molecular weight excluding hydrogens is 184 g/mol. The standard InChI is InChI=1S/C8H19N.C5H13N/c1-7(2)5-9-6-8(3)4;1-2-3-4-5-6/h7-9H,5-6H2,1-4H3;2-6H2,1H3. The van der Waals surface area contributed by atoms with Crippen LogP contribution in [0.2, 0.25) is 0 Å². The molecule has 0 aliphatic heterocycles. The van der Waals surface area contributed by atoms with Crippen molar-refractivity contribution in [2.45, 2.75) is 53.9 Å². The van der Waals surface area contributed by atoms with Crippen molar-refractivity contribution in [1.82, 2.24) is 5.32 Å². The van der Waals surface area contributed by atoms with E-state index < -0.39 is 0 Å². The van der Waals surface area contributed by atoms with Gasteiger partial charge in [0.05, 0.1) is 0 Å². The lowest BCUT2D eigenvalue weighted by Crippen LogP contribution is -2.23. The maximum absolute atomic E-state index is 5.21. The molecule has 3 N–H and O–H groups in total. The van der Waals surface area contributed by atoms with Crippen LogP contribution in [0.5, 0.6) is 0 Å². The third kappa shape index (κ3) is 24.9.